The first-order chi connectivity index (χ1) is 10.3. The molecule has 6 nitrogen and oxygen atoms in total. The van der Waals surface area contributed by atoms with Crippen LogP contribution < -0.4 is 10.6 Å². The number of ether oxygens (including phenoxy) is 1. The molecule has 4 rings (SSSR count). The average molecular weight is 290 g/mol. The predicted molar refractivity (Wildman–Crippen MR) is 77.1 cm³/mol. The molecule has 21 heavy (non-hydrogen) atoms. The van der Waals surface area contributed by atoms with Crippen molar-refractivity contribution in [2.75, 3.05) is 13.1 Å². The van der Waals surface area contributed by atoms with Crippen LogP contribution in [0.25, 0.3) is 0 Å². The number of nitrogens with one attached hydrogen (secondary N) is 2. The number of rotatable bonds is 3. The van der Waals surface area contributed by atoms with Gasteiger partial charge in [0, 0.05) is 12.7 Å². The molecule has 2 N–H and O–H groups in total. The highest BCUT2D eigenvalue weighted by molar-refractivity contribution is 5.92. The first-order valence-electron chi connectivity index (χ1n) is 8.02. The van der Waals surface area contributed by atoms with E-state index in [0.717, 1.165) is 45.2 Å². The average Bonchev–Trinajstić information content (AvgIpc) is 3.24. The summed E-state index contributed by atoms with van der Waals surface area (Å²) in [5.41, 5.74) is 0.517. The molecule has 1 aromatic heterocycles. The van der Waals surface area contributed by atoms with Crippen molar-refractivity contribution in [2.24, 2.45) is 0 Å². The minimum absolute atomic E-state index is 0.0707. The fraction of sp³-hybridized carbons (Fsp3) is 0.733. The maximum atomic E-state index is 12.3. The summed E-state index contributed by atoms with van der Waals surface area (Å²) in [6.45, 7) is 2.01. The highest BCUT2D eigenvalue weighted by atomic mass is 16.5. The van der Waals surface area contributed by atoms with Gasteiger partial charge < -0.3 is 15.4 Å². The molecule has 3 aliphatic heterocycles. The number of amides is 1. The van der Waals surface area contributed by atoms with Crippen LogP contribution in [0.2, 0.25) is 0 Å². The molecule has 4 atom stereocenters. The van der Waals surface area contributed by atoms with Gasteiger partial charge in [-0.15, -0.1) is 0 Å². The smallest absolute Gasteiger partial charge is 0.272 e. The molecule has 6 heteroatoms. The minimum atomic E-state index is -0.0707. The molecule has 4 heterocycles. The summed E-state index contributed by atoms with van der Waals surface area (Å²) in [4.78, 5) is 12.3. The van der Waals surface area contributed by atoms with Gasteiger partial charge in [0.05, 0.1) is 24.3 Å². The zero-order valence-corrected chi connectivity index (χ0v) is 12.1. The summed E-state index contributed by atoms with van der Waals surface area (Å²) in [7, 11) is 0. The zero-order chi connectivity index (χ0) is 14.2. The third-order valence-electron chi connectivity index (χ3n) is 4.91. The van der Waals surface area contributed by atoms with Crippen LogP contribution in [0, 0.1) is 0 Å². The third kappa shape index (κ3) is 2.58. The first kappa shape index (κ1) is 13.3. The number of carbonyl (C=O) groups is 1. The topological polar surface area (TPSA) is 68.2 Å². The molecule has 3 fully saturated rings. The fourth-order valence-corrected chi connectivity index (χ4v) is 3.75. The Labute approximate surface area is 124 Å². The van der Waals surface area contributed by atoms with Crippen molar-refractivity contribution < 1.29 is 9.53 Å². The van der Waals surface area contributed by atoms with Crippen molar-refractivity contribution >= 4 is 5.91 Å². The summed E-state index contributed by atoms with van der Waals surface area (Å²) >= 11 is 0. The van der Waals surface area contributed by atoms with E-state index < -0.39 is 0 Å². The van der Waals surface area contributed by atoms with E-state index in [-0.39, 0.29) is 18.1 Å². The van der Waals surface area contributed by atoms with Crippen LogP contribution in [0.15, 0.2) is 12.3 Å². The second-order valence-electron chi connectivity index (χ2n) is 6.37. The summed E-state index contributed by atoms with van der Waals surface area (Å²) in [6, 6.07) is 2.35. The van der Waals surface area contributed by atoms with Crippen LogP contribution in [0.4, 0.5) is 0 Å². The summed E-state index contributed by atoms with van der Waals surface area (Å²) in [5.74, 6) is -0.0707. The minimum Gasteiger partial charge on any atom is -0.373 e. The number of piperidine rings is 1. The number of hydrogen-bond donors (Lipinski definition) is 2. The first-order valence-corrected chi connectivity index (χ1v) is 8.02. The number of carbonyl (C=O) groups excluding carboxylic acids is 1. The molecule has 4 unspecified atom stereocenters. The van der Waals surface area contributed by atoms with Gasteiger partial charge in [-0.25, -0.2) is 0 Å². The lowest BCUT2D eigenvalue weighted by molar-refractivity contribution is 0.0836. The van der Waals surface area contributed by atoms with Gasteiger partial charge in [-0.1, -0.05) is 0 Å². The molecule has 2 bridgehead atoms. The molecule has 0 aromatic carbocycles. The summed E-state index contributed by atoms with van der Waals surface area (Å²) in [5, 5.41) is 10.9. The normalized spacial score (nSPS) is 35.0. The molecule has 114 valence electrons. The Kier molecular flexibility index (Phi) is 3.43. The monoisotopic (exact) mass is 290 g/mol. The lowest BCUT2D eigenvalue weighted by Crippen LogP contribution is -2.41. The maximum absolute atomic E-state index is 12.3. The largest absolute Gasteiger partial charge is 0.373 e. The Morgan fingerprint density at radius 1 is 1.43 bits per heavy atom. The Morgan fingerprint density at radius 2 is 2.38 bits per heavy atom. The van der Waals surface area contributed by atoms with Crippen molar-refractivity contribution in [3.8, 4) is 0 Å². The number of fused-ring (bicyclic) bond motifs is 2. The van der Waals surface area contributed by atoms with E-state index in [1.807, 2.05) is 16.9 Å². The molecule has 0 aliphatic carbocycles. The molecule has 1 amide bonds. The van der Waals surface area contributed by atoms with Crippen LogP contribution in [-0.2, 0) is 4.74 Å². The van der Waals surface area contributed by atoms with E-state index in [4.69, 9.17) is 4.74 Å². The van der Waals surface area contributed by atoms with Crippen molar-refractivity contribution in [1.82, 2.24) is 20.4 Å². The highest BCUT2D eigenvalue weighted by Crippen LogP contribution is 2.34. The number of aromatic nitrogens is 2. The van der Waals surface area contributed by atoms with Gasteiger partial charge in [0.1, 0.15) is 5.69 Å². The van der Waals surface area contributed by atoms with Crippen molar-refractivity contribution in [2.45, 2.75) is 56.4 Å². The van der Waals surface area contributed by atoms with Gasteiger partial charge in [-0.05, 0) is 44.7 Å². The van der Waals surface area contributed by atoms with E-state index in [9.17, 15) is 4.79 Å². The lowest BCUT2D eigenvalue weighted by Gasteiger charge is -2.23. The number of hydrogen-bond acceptors (Lipinski definition) is 4. The lowest BCUT2D eigenvalue weighted by atomic mass is 9.95. The Balaban J connectivity index is 1.39. The van der Waals surface area contributed by atoms with Crippen molar-refractivity contribution in [3.63, 3.8) is 0 Å². The molecule has 3 aliphatic rings. The van der Waals surface area contributed by atoms with Gasteiger partial charge in [0.2, 0.25) is 0 Å². The fourth-order valence-electron chi connectivity index (χ4n) is 3.75. The SMILES string of the molecule is O=C(NC1CC2CCC1O2)c1ccn(C2CCCNC2)n1. The standard InChI is InChI=1S/C15H22N4O2/c20-15(17-13-8-11-3-4-14(13)21-11)12-5-7-19(18-12)10-2-1-6-16-9-10/h5,7,10-11,13-14,16H,1-4,6,8-9H2,(H,17,20). The van der Waals surface area contributed by atoms with Crippen LogP contribution >= 0.6 is 0 Å². The molecular weight excluding hydrogens is 268 g/mol. The zero-order valence-electron chi connectivity index (χ0n) is 12.1. The van der Waals surface area contributed by atoms with Gasteiger partial charge in [0.15, 0.2) is 0 Å². The molecule has 0 radical (unpaired) electrons. The van der Waals surface area contributed by atoms with E-state index in [2.05, 4.69) is 15.7 Å². The maximum Gasteiger partial charge on any atom is 0.272 e. The second-order valence-corrected chi connectivity index (χ2v) is 6.37. The molecule has 1 aromatic rings. The highest BCUT2D eigenvalue weighted by Gasteiger charge is 2.41. The summed E-state index contributed by atoms with van der Waals surface area (Å²) in [6.07, 6.45) is 7.92. The van der Waals surface area contributed by atoms with E-state index in [1.54, 1.807) is 0 Å². The van der Waals surface area contributed by atoms with Crippen molar-refractivity contribution in [1.29, 1.82) is 0 Å². The third-order valence-corrected chi connectivity index (χ3v) is 4.91. The van der Waals surface area contributed by atoms with Gasteiger partial charge in [0.25, 0.3) is 5.91 Å². The van der Waals surface area contributed by atoms with Gasteiger partial charge in [-0.3, -0.25) is 9.48 Å². The molecule has 0 spiro atoms. The van der Waals surface area contributed by atoms with E-state index >= 15 is 0 Å². The van der Waals surface area contributed by atoms with Crippen LogP contribution in [0.1, 0.15) is 48.6 Å². The number of nitrogens with zero attached hydrogens (tertiary/aromatic N) is 2. The quantitative estimate of drug-likeness (QED) is 0.866. The van der Waals surface area contributed by atoms with E-state index in [0.29, 0.717) is 17.8 Å². The van der Waals surface area contributed by atoms with Gasteiger partial charge in [-0.2, -0.15) is 5.10 Å². The van der Waals surface area contributed by atoms with Gasteiger partial charge >= 0.3 is 0 Å². The Bertz CT molecular complexity index is 523. The molecular formula is C15H22N4O2. The summed E-state index contributed by atoms with van der Waals surface area (Å²) < 4.78 is 7.70. The Hall–Kier alpha value is -1.40. The predicted octanol–water partition coefficient (Wildman–Crippen LogP) is 0.857. The Morgan fingerprint density at radius 3 is 3.10 bits per heavy atom. The molecule has 3 saturated heterocycles. The second kappa shape index (κ2) is 5.42. The van der Waals surface area contributed by atoms with Crippen LogP contribution in [0.5, 0.6) is 0 Å². The van der Waals surface area contributed by atoms with Crippen LogP contribution in [0.3, 0.4) is 0 Å². The van der Waals surface area contributed by atoms with E-state index in [1.165, 1.54) is 0 Å². The van der Waals surface area contributed by atoms with Crippen LogP contribution in [-0.4, -0.2) is 47.0 Å². The molecule has 0 saturated carbocycles. The van der Waals surface area contributed by atoms with Crippen molar-refractivity contribution in [3.05, 3.63) is 18.0 Å².